The number of carbonyl (C=O) groups excluding carboxylic acids is 2. The highest BCUT2D eigenvalue weighted by Crippen LogP contribution is 2.38. The van der Waals surface area contributed by atoms with Crippen molar-refractivity contribution in [2.75, 3.05) is 19.6 Å². The molecule has 4 N–H and O–H groups in total. The number of fused-ring (bicyclic) bond motifs is 3. The number of nitrogens with one attached hydrogen (secondary N) is 3. The Kier molecular flexibility index (Phi) is 6.29. The van der Waals surface area contributed by atoms with Gasteiger partial charge in [0.25, 0.3) is 0 Å². The second-order valence-electron chi connectivity index (χ2n) is 7.73. The minimum Gasteiger partial charge on any atom is -0.357 e. The fraction of sp³-hybridized carbons (Fsp3) is 0.304. The van der Waals surface area contributed by atoms with Crippen LogP contribution in [0.25, 0.3) is 10.9 Å². The van der Waals surface area contributed by atoms with E-state index >= 15 is 0 Å². The molecule has 0 fully saturated rings. The Labute approximate surface area is 179 Å². The zero-order chi connectivity index (χ0) is 21.8. The van der Waals surface area contributed by atoms with Crippen LogP contribution in [0.15, 0.2) is 48.5 Å². The first-order valence-corrected chi connectivity index (χ1v) is 10.4. The monoisotopic (exact) mass is 424 g/mol. The molecule has 0 bridgehead atoms. The Balaban J connectivity index is 1.55. The van der Waals surface area contributed by atoms with Gasteiger partial charge in [-0.25, -0.2) is 9.87 Å². The third-order valence-electron chi connectivity index (χ3n) is 5.69. The summed E-state index contributed by atoms with van der Waals surface area (Å²) in [6.07, 6.45) is 1.38. The number of hydrogen-bond donors (Lipinski definition) is 4. The highest BCUT2D eigenvalue weighted by atomic mass is 19.1. The van der Waals surface area contributed by atoms with E-state index in [-0.39, 0.29) is 30.7 Å². The van der Waals surface area contributed by atoms with E-state index in [1.807, 2.05) is 18.2 Å². The van der Waals surface area contributed by atoms with Gasteiger partial charge >= 0.3 is 0 Å². The summed E-state index contributed by atoms with van der Waals surface area (Å²) in [5.74, 6) is -0.920. The lowest BCUT2D eigenvalue weighted by atomic mass is 9.92. The SMILES string of the molecule is O=C(CCCNC(=O)CN1CCc2c([nH]c3ccccc23)C1c1ccc(F)cc1)NO. The molecule has 1 aliphatic heterocycles. The van der Waals surface area contributed by atoms with E-state index in [4.69, 9.17) is 5.21 Å². The van der Waals surface area contributed by atoms with Gasteiger partial charge in [0.15, 0.2) is 0 Å². The molecular formula is C23H25FN4O3. The maximum absolute atomic E-state index is 13.6. The van der Waals surface area contributed by atoms with E-state index in [0.29, 0.717) is 19.5 Å². The lowest BCUT2D eigenvalue weighted by molar-refractivity contribution is -0.129. The van der Waals surface area contributed by atoms with Crippen molar-refractivity contribution in [3.63, 3.8) is 0 Å². The van der Waals surface area contributed by atoms with Crippen molar-refractivity contribution in [1.82, 2.24) is 20.7 Å². The first-order chi connectivity index (χ1) is 15.1. The van der Waals surface area contributed by atoms with Crippen molar-refractivity contribution in [1.29, 1.82) is 0 Å². The van der Waals surface area contributed by atoms with Crippen LogP contribution < -0.4 is 10.8 Å². The van der Waals surface area contributed by atoms with E-state index in [9.17, 15) is 14.0 Å². The third-order valence-corrected chi connectivity index (χ3v) is 5.69. The van der Waals surface area contributed by atoms with Gasteiger partial charge in [0, 0.05) is 36.1 Å². The van der Waals surface area contributed by atoms with Gasteiger partial charge in [-0.2, -0.15) is 0 Å². The second kappa shape index (κ2) is 9.28. The molecule has 0 saturated heterocycles. The van der Waals surface area contributed by atoms with Crippen molar-refractivity contribution in [3.05, 3.63) is 71.2 Å². The standard InChI is InChI=1S/C23H25FN4O3/c24-16-9-7-15(8-10-16)23-22-18(17-4-1-2-5-19(17)26-22)11-13-28(23)14-21(30)25-12-3-6-20(29)27-31/h1-2,4-5,7-10,23,26,31H,3,6,11-14H2,(H,25,30)(H,27,29). The van der Waals surface area contributed by atoms with Crippen LogP contribution in [0.5, 0.6) is 0 Å². The van der Waals surface area contributed by atoms with Gasteiger partial charge in [-0.05, 0) is 42.2 Å². The molecule has 162 valence electrons. The van der Waals surface area contributed by atoms with Gasteiger partial charge < -0.3 is 10.3 Å². The zero-order valence-electron chi connectivity index (χ0n) is 17.0. The lowest BCUT2D eigenvalue weighted by Crippen LogP contribution is -2.43. The molecule has 0 saturated carbocycles. The van der Waals surface area contributed by atoms with Crippen LogP contribution in [0.2, 0.25) is 0 Å². The summed E-state index contributed by atoms with van der Waals surface area (Å²) in [4.78, 5) is 29.2. The fourth-order valence-electron chi connectivity index (χ4n) is 4.26. The Morgan fingerprint density at radius 2 is 1.90 bits per heavy atom. The maximum Gasteiger partial charge on any atom is 0.243 e. The van der Waals surface area contributed by atoms with Crippen LogP contribution in [0.4, 0.5) is 4.39 Å². The summed E-state index contributed by atoms with van der Waals surface area (Å²) in [7, 11) is 0. The number of rotatable bonds is 7. The topological polar surface area (TPSA) is 97.5 Å². The number of halogens is 1. The van der Waals surface area contributed by atoms with Gasteiger partial charge in [0.2, 0.25) is 11.8 Å². The number of hydrogen-bond acceptors (Lipinski definition) is 4. The summed E-state index contributed by atoms with van der Waals surface area (Å²) in [5, 5.41) is 12.5. The van der Waals surface area contributed by atoms with E-state index in [2.05, 4.69) is 21.3 Å². The van der Waals surface area contributed by atoms with E-state index < -0.39 is 5.91 Å². The number of amides is 2. The van der Waals surface area contributed by atoms with Crippen LogP contribution in [0, 0.1) is 5.82 Å². The molecule has 8 heteroatoms. The molecule has 0 spiro atoms. The number of H-pyrrole nitrogens is 1. The van der Waals surface area contributed by atoms with Crippen molar-refractivity contribution in [2.45, 2.75) is 25.3 Å². The second-order valence-corrected chi connectivity index (χ2v) is 7.73. The molecule has 1 aromatic heterocycles. The molecule has 1 aliphatic rings. The highest BCUT2D eigenvalue weighted by Gasteiger charge is 2.32. The predicted octanol–water partition coefficient (Wildman–Crippen LogP) is 2.66. The van der Waals surface area contributed by atoms with Gasteiger partial charge in [-0.15, -0.1) is 0 Å². The largest absolute Gasteiger partial charge is 0.357 e. The molecule has 0 radical (unpaired) electrons. The van der Waals surface area contributed by atoms with Gasteiger partial charge in [-0.1, -0.05) is 30.3 Å². The first-order valence-electron chi connectivity index (χ1n) is 10.4. The predicted molar refractivity (Wildman–Crippen MR) is 114 cm³/mol. The Morgan fingerprint density at radius 3 is 2.68 bits per heavy atom. The average molecular weight is 424 g/mol. The molecule has 4 rings (SSSR count). The number of nitrogens with zero attached hydrogens (tertiary/aromatic N) is 1. The summed E-state index contributed by atoms with van der Waals surface area (Å²) in [5.41, 5.74) is 5.81. The molecule has 1 atom stereocenters. The normalized spacial score (nSPS) is 16.1. The molecule has 0 aliphatic carbocycles. The zero-order valence-corrected chi connectivity index (χ0v) is 17.0. The van der Waals surface area contributed by atoms with Crippen molar-refractivity contribution < 1.29 is 19.2 Å². The number of aromatic nitrogens is 1. The quantitative estimate of drug-likeness (QED) is 0.266. The molecule has 31 heavy (non-hydrogen) atoms. The Hall–Kier alpha value is -3.23. The van der Waals surface area contributed by atoms with Gasteiger partial charge in [0.1, 0.15) is 5.82 Å². The summed E-state index contributed by atoms with van der Waals surface area (Å²) in [6, 6.07) is 14.3. The molecule has 2 heterocycles. The van der Waals surface area contributed by atoms with Crippen molar-refractivity contribution >= 4 is 22.7 Å². The first kappa shape index (κ1) is 21.0. The Morgan fingerprint density at radius 1 is 1.13 bits per heavy atom. The van der Waals surface area contributed by atoms with Crippen molar-refractivity contribution in [3.8, 4) is 0 Å². The molecule has 2 aromatic carbocycles. The smallest absolute Gasteiger partial charge is 0.243 e. The van der Waals surface area contributed by atoms with E-state index in [0.717, 1.165) is 23.2 Å². The third kappa shape index (κ3) is 4.60. The van der Waals surface area contributed by atoms with E-state index in [1.165, 1.54) is 23.1 Å². The Bertz CT molecular complexity index is 1080. The van der Waals surface area contributed by atoms with Crippen LogP contribution in [-0.4, -0.2) is 46.5 Å². The van der Waals surface area contributed by atoms with Gasteiger partial charge in [-0.3, -0.25) is 19.7 Å². The number of carbonyl (C=O) groups is 2. The minimum atomic E-state index is -0.479. The number of hydroxylamine groups is 1. The fourth-order valence-corrected chi connectivity index (χ4v) is 4.26. The number of benzene rings is 2. The number of para-hydroxylation sites is 1. The summed E-state index contributed by atoms with van der Waals surface area (Å²) in [6.45, 7) is 1.22. The summed E-state index contributed by atoms with van der Waals surface area (Å²) >= 11 is 0. The molecule has 2 amide bonds. The molecular weight excluding hydrogens is 399 g/mol. The molecule has 1 unspecified atom stereocenters. The van der Waals surface area contributed by atoms with Crippen LogP contribution in [0.3, 0.4) is 0 Å². The molecule has 3 aromatic rings. The minimum absolute atomic E-state index is 0.136. The molecule has 7 nitrogen and oxygen atoms in total. The van der Waals surface area contributed by atoms with E-state index in [1.54, 1.807) is 17.6 Å². The summed E-state index contributed by atoms with van der Waals surface area (Å²) < 4.78 is 13.6. The van der Waals surface area contributed by atoms with Gasteiger partial charge in [0.05, 0.1) is 12.6 Å². The number of aromatic amines is 1. The average Bonchev–Trinajstić information content (AvgIpc) is 3.16. The highest BCUT2D eigenvalue weighted by molar-refractivity contribution is 5.85. The lowest BCUT2D eigenvalue weighted by Gasteiger charge is -2.35. The van der Waals surface area contributed by atoms with Crippen LogP contribution in [-0.2, 0) is 16.0 Å². The maximum atomic E-state index is 13.6. The van der Waals surface area contributed by atoms with Crippen molar-refractivity contribution in [2.24, 2.45) is 0 Å². The van der Waals surface area contributed by atoms with Crippen LogP contribution in [0.1, 0.15) is 35.7 Å². The van der Waals surface area contributed by atoms with Crippen LogP contribution >= 0.6 is 0 Å².